The van der Waals surface area contributed by atoms with Crippen LogP contribution in [0.15, 0.2) is 0 Å². The van der Waals surface area contributed by atoms with Crippen molar-refractivity contribution in [2.75, 3.05) is 0 Å². The van der Waals surface area contributed by atoms with Crippen LogP contribution in [0.4, 0.5) is 0 Å². The number of ketones is 1. The number of alkyl halides is 2. The van der Waals surface area contributed by atoms with Crippen LogP contribution in [0.2, 0.25) is 0 Å². The van der Waals surface area contributed by atoms with Gasteiger partial charge >= 0.3 is 11.2 Å². The lowest BCUT2D eigenvalue weighted by molar-refractivity contribution is -0.140. The van der Waals surface area contributed by atoms with Gasteiger partial charge in [-0.2, -0.15) is 9.78 Å². The third-order valence-corrected chi connectivity index (χ3v) is 1.67. The molecule has 1 heterocycles. The Kier molecular flexibility index (Phi) is 2.06. The van der Waals surface area contributed by atoms with E-state index in [9.17, 15) is 9.59 Å². The number of carboxylic acid groups (broad SMARTS) is 1. The summed E-state index contributed by atoms with van der Waals surface area (Å²) in [5, 5.41) is 4.51. The van der Waals surface area contributed by atoms with Crippen LogP contribution in [0, 0.1) is 0 Å². The Morgan fingerprint density at radius 1 is 1.45 bits per heavy atom. The summed E-state index contributed by atoms with van der Waals surface area (Å²) in [5.41, 5.74) is 0. The fourth-order valence-electron chi connectivity index (χ4n) is 0.382. The summed E-state index contributed by atoms with van der Waals surface area (Å²) in [6, 6.07) is 0. The minimum absolute atomic E-state index is 1.03. The summed E-state index contributed by atoms with van der Waals surface area (Å²) in [5.74, 6) is -2.52. The first-order valence-electron chi connectivity index (χ1n) is 2.44. The third kappa shape index (κ3) is 1.62. The molecule has 0 spiro atoms. The number of hydrogen-bond donors (Lipinski definition) is 1. The maximum absolute atomic E-state index is 10.8. The molecule has 5 nitrogen and oxygen atoms in total. The molecule has 1 aliphatic rings. The lowest BCUT2D eigenvalue weighted by atomic mass is 10.3. The average molecular weight is 201 g/mol. The lowest BCUT2D eigenvalue weighted by Gasteiger charge is -1.99. The number of hydrogen-bond acceptors (Lipinski definition) is 4. The van der Waals surface area contributed by atoms with Crippen LogP contribution < -0.4 is 0 Å². The van der Waals surface area contributed by atoms with E-state index in [1.807, 2.05) is 0 Å². The van der Waals surface area contributed by atoms with Crippen LogP contribution in [-0.2, 0) is 19.4 Å². The van der Waals surface area contributed by atoms with E-state index < -0.39 is 22.4 Å². The summed E-state index contributed by atoms with van der Waals surface area (Å²) in [7, 11) is 0. The number of halogens is 2. The largest absolute Gasteiger partial charge is 0.480 e. The minimum Gasteiger partial charge on any atom is -0.480 e. The number of carboxylic acids is 1. The number of carbonyl (C=O) groups excluding carboxylic acids is 1. The lowest BCUT2D eigenvalue weighted by Crippen LogP contribution is -2.32. The zero-order chi connectivity index (χ0) is 8.65. The van der Waals surface area contributed by atoms with Gasteiger partial charge in [0.2, 0.25) is 5.78 Å². The summed E-state index contributed by atoms with van der Waals surface area (Å²) in [4.78, 5) is 28.9. The predicted molar refractivity (Wildman–Crippen MR) is 33.0 cm³/mol. The van der Waals surface area contributed by atoms with Crippen LogP contribution in [0.3, 0.4) is 0 Å². The Bertz CT molecular complexity index is 211. The van der Waals surface area contributed by atoms with E-state index >= 15 is 0 Å². The molecule has 1 saturated heterocycles. The summed E-state index contributed by atoms with van der Waals surface area (Å²) < 4.78 is 0. The number of Topliss-reactive ketones (excluding diaryl/α,β-unsaturated/α-hetero) is 1. The molecule has 11 heavy (non-hydrogen) atoms. The van der Waals surface area contributed by atoms with Gasteiger partial charge in [-0.05, 0) is 11.6 Å². The van der Waals surface area contributed by atoms with Gasteiger partial charge in [0.15, 0.2) is 5.38 Å². The minimum atomic E-state index is -1.97. The van der Waals surface area contributed by atoms with Crippen molar-refractivity contribution < 1.29 is 24.5 Å². The SMILES string of the molecule is O=C(O)C(Cl)C(=O)C1(Cl)OO1. The first-order valence-corrected chi connectivity index (χ1v) is 3.26. The van der Waals surface area contributed by atoms with E-state index in [2.05, 4.69) is 9.78 Å². The molecule has 62 valence electrons. The maximum atomic E-state index is 10.8. The van der Waals surface area contributed by atoms with E-state index in [-0.39, 0.29) is 0 Å². The summed E-state index contributed by atoms with van der Waals surface area (Å²) >= 11 is 10.3. The molecule has 0 saturated carbocycles. The Morgan fingerprint density at radius 3 is 2.18 bits per heavy atom. The predicted octanol–water partition coefficient (Wildman–Crippen LogP) is 0.102. The third-order valence-electron chi connectivity index (χ3n) is 0.971. The van der Waals surface area contributed by atoms with Gasteiger partial charge in [0, 0.05) is 0 Å². The summed E-state index contributed by atoms with van der Waals surface area (Å²) in [6.07, 6.45) is 0. The van der Waals surface area contributed by atoms with Crippen molar-refractivity contribution in [2.45, 2.75) is 10.6 Å². The van der Waals surface area contributed by atoms with E-state index in [0.29, 0.717) is 0 Å². The van der Waals surface area contributed by atoms with Crippen molar-refractivity contribution in [1.29, 1.82) is 0 Å². The smallest absolute Gasteiger partial charge is 0.367 e. The molecule has 1 fully saturated rings. The van der Waals surface area contributed by atoms with Gasteiger partial charge in [0.25, 0.3) is 0 Å². The molecule has 0 aromatic rings. The topological polar surface area (TPSA) is 79.4 Å². The molecule has 1 atom stereocenters. The second-order valence-electron chi connectivity index (χ2n) is 1.77. The highest BCUT2D eigenvalue weighted by Crippen LogP contribution is 2.36. The van der Waals surface area contributed by atoms with Crippen LogP contribution >= 0.6 is 23.2 Å². The Morgan fingerprint density at radius 2 is 1.91 bits per heavy atom. The number of rotatable bonds is 3. The maximum Gasteiger partial charge on any atom is 0.367 e. The van der Waals surface area contributed by atoms with Gasteiger partial charge in [0.05, 0.1) is 0 Å². The van der Waals surface area contributed by atoms with Crippen molar-refractivity contribution in [3.8, 4) is 0 Å². The van der Waals surface area contributed by atoms with Crippen LogP contribution in [0.5, 0.6) is 0 Å². The van der Waals surface area contributed by atoms with E-state index in [4.69, 9.17) is 28.3 Å². The molecule has 0 bridgehead atoms. The van der Waals surface area contributed by atoms with Crippen molar-refractivity contribution >= 4 is 35.0 Å². The van der Waals surface area contributed by atoms with Gasteiger partial charge in [-0.1, -0.05) is 0 Å². The molecular weight excluding hydrogens is 199 g/mol. The molecule has 1 N–H and O–H groups in total. The second-order valence-corrected chi connectivity index (χ2v) is 2.70. The van der Waals surface area contributed by atoms with E-state index in [1.54, 1.807) is 0 Å². The zero-order valence-corrected chi connectivity index (χ0v) is 6.43. The van der Waals surface area contributed by atoms with E-state index in [0.717, 1.165) is 0 Å². The van der Waals surface area contributed by atoms with Gasteiger partial charge in [0.1, 0.15) is 0 Å². The molecular formula is C4H2Cl2O5. The summed E-state index contributed by atoms with van der Waals surface area (Å²) in [6.45, 7) is 0. The second kappa shape index (κ2) is 2.60. The Balaban J connectivity index is 2.61. The quantitative estimate of drug-likeness (QED) is 0.303. The zero-order valence-electron chi connectivity index (χ0n) is 4.91. The number of aliphatic carboxylic acids is 1. The van der Waals surface area contributed by atoms with Crippen LogP contribution in [-0.4, -0.2) is 27.5 Å². The first-order chi connectivity index (χ1) is 4.97. The molecule has 1 unspecified atom stereocenters. The van der Waals surface area contributed by atoms with Crippen molar-refractivity contribution in [3.05, 3.63) is 0 Å². The molecule has 0 aromatic heterocycles. The van der Waals surface area contributed by atoms with Gasteiger partial charge in [-0.3, -0.25) is 9.59 Å². The molecule has 7 heteroatoms. The van der Waals surface area contributed by atoms with Crippen molar-refractivity contribution in [3.63, 3.8) is 0 Å². The van der Waals surface area contributed by atoms with Gasteiger partial charge < -0.3 is 5.11 Å². The first kappa shape index (κ1) is 8.73. The van der Waals surface area contributed by atoms with Crippen LogP contribution in [0.25, 0.3) is 0 Å². The highest BCUT2D eigenvalue weighted by Gasteiger charge is 2.58. The standard InChI is InChI=1S/C4H2Cl2O5/c5-1(3(8)9)2(7)4(6)10-11-4/h1H,(H,8,9). The highest BCUT2D eigenvalue weighted by atomic mass is 35.5. The monoisotopic (exact) mass is 200 g/mol. The molecule has 1 aliphatic heterocycles. The molecule has 0 aromatic carbocycles. The average Bonchev–Trinajstić information content (AvgIpc) is 2.66. The molecule has 0 amide bonds. The van der Waals surface area contributed by atoms with Crippen molar-refractivity contribution in [1.82, 2.24) is 0 Å². The molecule has 0 radical (unpaired) electrons. The Labute approximate surface area is 70.7 Å². The van der Waals surface area contributed by atoms with Crippen molar-refractivity contribution in [2.24, 2.45) is 0 Å². The Hall–Kier alpha value is -0.360. The van der Waals surface area contributed by atoms with Gasteiger partial charge in [-0.15, -0.1) is 11.6 Å². The molecule has 1 rings (SSSR count). The van der Waals surface area contributed by atoms with E-state index in [1.165, 1.54) is 0 Å². The fourth-order valence-corrected chi connectivity index (χ4v) is 0.722. The van der Waals surface area contributed by atoms with Gasteiger partial charge in [-0.25, -0.2) is 0 Å². The molecule has 0 aliphatic carbocycles. The normalized spacial score (nSPS) is 22.4. The van der Waals surface area contributed by atoms with Crippen LogP contribution in [0.1, 0.15) is 0 Å². The highest BCUT2D eigenvalue weighted by molar-refractivity contribution is 6.47. The fraction of sp³-hybridized carbons (Fsp3) is 0.500. The number of carbonyl (C=O) groups is 2.